The van der Waals surface area contributed by atoms with Crippen LogP contribution in [0.3, 0.4) is 0 Å². The minimum absolute atomic E-state index is 0.0848. The highest BCUT2D eigenvalue weighted by Crippen LogP contribution is 2.30. The van der Waals surface area contributed by atoms with Crippen LogP contribution in [-0.4, -0.2) is 5.11 Å². The van der Waals surface area contributed by atoms with E-state index in [0.717, 1.165) is 11.1 Å². The molecule has 1 N–H and O–H groups in total. The first-order chi connectivity index (χ1) is 9.67. The van der Waals surface area contributed by atoms with Crippen molar-refractivity contribution in [2.45, 2.75) is 39.7 Å². The number of hydrogen-bond donors (Lipinski definition) is 1. The summed E-state index contributed by atoms with van der Waals surface area (Å²) in [5.41, 5.74) is 4.69. The van der Waals surface area contributed by atoms with Crippen molar-refractivity contribution in [2.75, 3.05) is 0 Å². The summed E-state index contributed by atoms with van der Waals surface area (Å²) >= 11 is 0. The molecule has 0 saturated heterocycles. The summed E-state index contributed by atoms with van der Waals surface area (Å²) in [6.07, 6.45) is 1.17. The van der Waals surface area contributed by atoms with Crippen molar-refractivity contribution >= 4 is 0 Å². The van der Waals surface area contributed by atoms with Crippen molar-refractivity contribution in [2.24, 2.45) is 5.92 Å². The second-order valence-electron chi connectivity index (χ2n) is 5.70. The normalized spacial score (nSPS) is 12.7. The Bertz CT molecular complexity index is 540. The molecule has 0 saturated carbocycles. The highest BCUT2D eigenvalue weighted by molar-refractivity contribution is 5.67. The molecule has 0 aromatic heterocycles. The second-order valence-corrected chi connectivity index (χ2v) is 5.70. The summed E-state index contributed by atoms with van der Waals surface area (Å²) in [5.74, 6) is 1.28. The Morgan fingerprint density at radius 2 is 1.60 bits per heavy atom. The van der Waals surface area contributed by atoms with Gasteiger partial charge in [0.1, 0.15) is 0 Å². The molecule has 2 aromatic carbocycles. The quantitative estimate of drug-likeness (QED) is 0.809. The smallest absolute Gasteiger partial charge is 0.0687 e. The molecule has 0 bridgehead atoms. The summed E-state index contributed by atoms with van der Waals surface area (Å²) in [5, 5.41) is 9.43. The summed E-state index contributed by atoms with van der Waals surface area (Å²) in [7, 11) is 0. The monoisotopic (exact) mass is 268 g/mol. The van der Waals surface area contributed by atoms with E-state index >= 15 is 0 Å². The van der Waals surface area contributed by atoms with Crippen LogP contribution in [0.4, 0.5) is 0 Å². The molecule has 1 heteroatoms. The highest BCUT2D eigenvalue weighted by atomic mass is 16.3. The van der Waals surface area contributed by atoms with E-state index in [4.69, 9.17) is 0 Å². The fourth-order valence-corrected chi connectivity index (χ4v) is 2.94. The van der Waals surface area contributed by atoms with Crippen LogP contribution in [0, 0.1) is 5.92 Å². The molecule has 0 aliphatic carbocycles. The van der Waals surface area contributed by atoms with Gasteiger partial charge in [0, 0.05) is 0 Å². The molecule has 0 aliphatic heterocycles. The Balaban J connectivity index is 2.32. The first-order valence-electron chi connectivity index (χ1n) is 7.46. The highest BCUT2D eigenvalue weighted by Gasteiger charge is 2.13. The Morgan fingerprint density at radius 1 is 0.950 bits per heavy atom. The predicted molar refractivity (Wildman–Crippen MR) is 85.7 cm³/mol. The minimum Gasteiger partial charge on any atom is -0.392 e. The summed E-state index contributed by atoms with van der Waals surface area (Å²) in [6.45, 7) is 6.90. The molecular weight excluding hydrogens is 244 g/mol. The van der Waals surface area contributed by atoms with Gasteiger partial charge in [-0.25, -0.2) is 0 Å². The molecule has 0 fully saturated rings. The number of aliphatic hydroxyl groups is 1. The topological polar surface area (TPSA) is 20.2 Å². The van der Waals surface area contributed by atoms with Crippen LogP contribution < -0.4 is 0 Å². The molecule has 2 rings (SSSR count). The van der Waals surface area contributed by atoms with E-state index in [2.05, 4.69) is 51.1 Å². The van der Waals surface area contributed by atoms with Gasteiger partial charge in [-0.05, 0) is 40.5 Å². The molecule has 0 amide bonds. The fraction of sp³-hybridized carbons (Fsp3) is 0.368. The largest absolute Gasteiger partial charge is 0.392 e. The van der Waals surface area contributed by atoms with Gasteiger partial charge in [0.25, 0.3) is 0 Å². The third-order valence-electron chi connectivity index (χ3n) is 4.08. The van der Waals surface area contributed by atoms with E-state index in [1.807, 2.05) is 18.2 Å². The Morgan fingerprint density at radius 3 is 2.15 bits per heavy atom. The Kier molecular flexibility index (Phi) is 4.97. The van der Waals surface area contributed by atoms with E-state index in [0.29, 0.717) is 11.8 Å². The number of hydrogen-bond acceptors (Lipinski definition) is 1. The third-order valence-corrected chi connectivity index (χ3v) is 4.08. The minimum atomic E-state index is 0.0848. The van der Waals surface area contributed by atoms with Gasteiger partial charge in [-0.1, -0.05) is 69.3 Å². The van der Waals surface area contributed by atoms with Crippen molar-refractivity contribution in [3.05, 3.63) is 59.7 Å². The maximum absolute atomic E-state index is 9.43. The maximum atomic E-state index is 9.43. The molecule has 20 heavy (non-hydrogen) atoms. The van der Waals surface area contributed by atoms with Crippen molar-refractivity contribution < 1.29 is 5.11 Å². The Labute approximate surface area is 122 Å². The van der Waals surface area contributed by atoms with Crippen LogP contribution in [0.1, 0.15) is 44.2 Å². The molecule has 0 heterocycles. The van der Waals surface area contributed by atoms with E-state index in [1.54, 1.807) is 0 Å². The molecule has 106 valence electrons. The van der Waals surface area contributed by atoms with E-state index in [1.165, 1.54) is 17.5 Å². The van der Waals surface area contributed by atoms with Crippen molar-refractivity contribution in [3.63, 3.8) is 0 Å². The average Bonchev–Trinajstić information content (AvgIpc) is 2.48. The Hall–Kier alpha value is -1.60. The molecule has 0 aliphatic rings. The van der Waals surface area contributed by atoms with Gasteiger partial charge in [0.05, 0.1) is 6.61 Å². The van der Waals surface area contributed by atoms with Crippen LogP contribution in [0.2, 0.25) is 0 Å². The van der Waals surface area contributed by atoms with E-state index in [-0.39, 0.29) is 6.61 Å². The zero-order chi connectivity index (χ0) is 14.5. The van der Waals surface area contributed by atoms with Gasteiger partial charge < -0.3 is 5.11 Å². The molecule has 1 nitrogen and oxygen atoms in total. The zero-order valence-corrected chi connectivity index (χ0v) is 12.6. The van der Waals surface area contributed by atoms with E-state index in [9.17, 15) is 5.11 Å². The first-order valence-corrected chi connectivity index (χ1v) is 7.46. The van der Waals surface area contributed by atoms with Gasteiger partial charge in [0.2, 0.25) is 0 Å². The molecule has 1 unspecified atom stereocenters. The predicted octanol–water partition coefficient (Wildman–Crippen LogP) is 5.00. The van der Waals surface area contributed by atoms with Gasteiger partial charge in [0.15, 0.2) is 0 Å². The number of rotatable bonds is 5. The first kappa shape index (κ1) is 14.8. The molecule has 2 aromatic rings. The van der Waals surface area contributed by atoms with Crippen LogP contribution in [-0.2, 0) is 6.61 Å². The summed E-state index contributed by atoms with van der Waals surface area (Å²) < 4.78 is 0. The molecular formula is C19H24O. The van der Waals surface area contributed by atoms with Gasteiger partial charge >= 0.3 is 0 Å². The van der Waals surface area contributed by atoms with Gasteiger partial charge in [-0.3, -0.25) is 0 Å². The van der Waals surface area contributed by atoms with E-state index < -0.39 is 0 Å². The average molecular weight is 268 g/mol. The molecule has 0 spiro atoms. The van der Waals surface area contributed by atoms with Gasteiger partial charge in [-0.2, -0.15) is 0 Å². The lowest BCUT2D eigenvalue weighted by molar-refractivity contribution is 0.282. The van der Waals surface area contributed by atoms with Crippen molar-refractivity contribution in [1.82, 2.24) is 0 Å². The van der Waals surface area contributed by atoms with Gasteiger partial charge in [-0.15, -0.1) is 0 Å². The summed E-state index contributed by atoms with van der Waals surface area (Å²) in [6, 6.07) is 16.9. The van der Waals surface area contributed by atoms with Crippen molar-refractivity contribution in [1.29, 1.82) is 0 Å². The van der Waals surface area contributed by atoms with Crippen LogP contribution in [0.25, 0.3) is 11.1 Å². The SMILES string of the molecule is CCC(c1ccc(-c2ccccc2CO)cc1)C(C)C. The molecule has 1 atom stereocenters. The lowest BCUT2D eigenvalue weighted by Crippen LogP contribution is -2.05. The second kappa shape index (κ2) is 6.71. The lowest BCUT2D eigenvalue weighted by Gasteiger charge is -2.20. The third kappa shape index (κ3) is 3.10. The number of aliphatic hydroxyl groups excluding tert-OH is 1. The standard InChI is InChI=1S/C19H24O/c1-4-18(14(2)3)15-9-11-16(12-10-15)19-8-6-5-7-17(19)13-20/h5-12,14,18,20H,4,13H2,1-3H3. The van der Waals surface area contributed by atoms with Crippen LogP contribution in [0.15, 0.2) is 48.5 Å². The van der Waals surface area contributed by atoms with Crippen molar-refractivity contribution in [3.8, 4) is 11.1 Å². The fourth-order valence-electron chi connectivity index (χ4n) is 2.94. The van der Waals surface area contributed by atoms with Crippen LogP contribution >= 0.6 is 0 Å². The number of benzene rings is 2. The molecule has 0 radical (unpaired) electrons. The lowest BCUT2D eigenvalue weighted by atomic mass is 9.85. The maximum Gasteiger partial charge on any atom is 0.0687 e. The van der Waals surface area contributed by atoms with Crippen LogP contribution in [0.5, 0.6) is 0 Å². The summed E-state index contributed by atoms with van der Waals surface area (Å²) in [4.78, 5) is 0. The zero-order valence-electron chi connectivity index (χ0n) is 12.6.